The minimum atomic E-state index is -1.22. The Kier molecular flexibility index (Phi) is 4.40. The first-order chi connectivity index (χ1) is 9.08. The van der Waals surface area contributed by atoms with Crippen LogP contribution in [0, 0.1) is 11.7 Å². The average molecular weight is 265 g/mol. The third-order valence-corrected chi connectivity index (χ3v) is 3.84. The van der Waals surface area contributed by atoms with E-state index in [0.29, 0.717) is 5.69 Å². The Morgan fingerprint density at radius 3 is 2.84 bits per heavy atom. The summed E-state index contributed by atoms with van der Waals surface area (Å²) in [7, 11) is 0. The van der Waals surface area contributed by atoms with Gasteiger partial charge >= 0.3 is 5.97 Å². The molecular weight excluding hydrogens is 245 g/mol. The summed E-state index contributed by atoms with van der Waals surface area (Å²) in [4.78, 5) is 11.1. The highest BCUT2D eigenvalue weighted by atomic mass is 19.1. The Balaban J connectivity index is 2.14. The van der Waals surface area contributed by atoms with E-state index in [1.54, 1.807) is 12.1 Å². The predicted octanol–water partition coefficient (Wildman–Crippen LogP) is 3.90. The third-order valence-electron chi connectivity index (χ3n) is 3.84. The number of nitrogens with one attached hydrogen (secondary N) is 1. The fourth-order valence-electron chi connectivity index (χ4n) is 2.71. The number of halogens is 1. The first-order valence-corrected chi connectivity index (χ1v) is 6.86. The van der Waals surface area contributed by atoms with Crippen molar-refractivity contribution < 1.29 is 14.3 Å². The number of anilines is 1. The Hall–Kier alpha value is -1.58. The highest BCUT2D eigenvalue weighted by Gasteiger charge is 2.20. The SMILES string of the molecule is CC1CCCC(Nc2cccc(F)c2C(=O)O)CC1. The van der Waals surface area contributed by atoms with E-state index in [1.165, 1.54) is 12.5 Å². The number of aromatic carboxylic acids is 1. The topological polar surface area (TPSA) is 49.3 Å². The smallest absolute Gasteiger partial charge is 0.340 e. The molecular formula is C15H20FNO2. The molecule has 1 aliphatic rings. The first-order valence-electron chi connectivity index (χ1n) is 6.86. The maximum atomic E-state index is 13.6. The molecule has 1 aromatic rings. The monoisotopic (exact) mass is 265 g/mol. The molecule has 2 atom stereocenters. The summed E-state index contributed by atoms with van der Waals surface area (Å²) in [6.45, 7) is 2.24. The van der Waals surface area contributed by atoms with Crippen molar-refractivity contribution >= 4 is 11.7 Å². The number of carboxylic acids is 1. The molecule has 0 aliphatic heterocycles. The summed E-state index contributed by atoms with van der Waals surface area (Å²) in [5, 5.41) is 12.3. The van der Waals surface area contributed by atoms with Crippen LogP contribution in [0.4, 0.5) is 10.1 Å². The van der Waals surface area contributed by atoms with E-state index < -0.39 is 11.8 Å². The van der Waals surface area contributed by atoms with Crippen LogP contribution < -0.4 is 5.32 Å². The molecule has 0 amide bonds. The lowest BCUT2D eigenvalue weighted by Gasteiger charge is -2.19. The second-order valence-corrected chi connectivity index (χ2v) is 5.42. The van der Waals surface area contributed by atoms with Crippen molar-refractivity contribution in [1.29, 1.82) is 0 Å². The molecule has 0 heterocycles. The van der Waals surface area contributed by atoms with Gasteiger partial charge in [0.25, 0.3) is 0 Å². The van der Waals surface area contributed by atoms with Gasteiger partial charge in [0.1, 0.15) is 11.4 Å². The maximum Gasteiger partial charge on any atom is 0.340 e. The van der Waals surface area contributed by atoms with Crippen molar-refractivity contribution in [2.45, 2.75) is 45.1 Å². The molecule has 2 N–H and O–H groups in total. The molecule has 2 rings (SSSR count). The normalized spacial score (nSPS) is 23.7. The molecule has 0 bridgehead atoms. The minimum Gasteiger partial charge on any atom is -0.478 e. The van der Waals surface area contributed by atoms with Gasteiger partial charge in [-0.25, -0.2) is 9.18 Å². The summed E-state index contributed by atoms with van der Waals surface area (Å²) >= 11 is 0. The summed E-state index contributed by atoms with van der Waals surface area (Å²) in [6.07, 6.45) is 5.51. The van der Waals surface area contributed by atoms with E-state index >= 15 is 0 Å². The van der Waals surface area contributed by atoms with Crippen LogP contribution in [0.15, 0.2) is 18.2 Å². The van der Waals surface area contributed by atoms with Gasteiger partial charge in [0.05, 0.1) is 5.69 Å². The zero-order chi connectivity index (χ0) is 13.8. The van der Waals surface area contributed by atoms with Gasteiger partial charge in [-0.05, 0) is 37.3 Å². The highest BCUT2D eigenvalue weighted by molar-refractivity contribution is 5.94. The van der Waals surface area contributed by atoms with E-state index in [1.807, 2.05) is 0 Å². The molecule has 1 aliphatic carbocycles. The lowest BCUT2D eigenvalue weighted by Crippen LogP contribution is -2.20. The van der Waals surface area contributed by atoms with Crippen LogP contribution in [-0.4, -0.2) is 17.1 Å². The van der Waals surface area contributed by atoms with Gasteiger partial charge in [-0.1, -0.05) is 25.8 Å². The van der Waals surface area contributed by atoms with Crippen LogP contribution in [0.25, 0.3) is 0 Å². The van der Waals surface area contributed by atoms with Crippen LogP contribution in [0.1, 0.15) is 49.4 Å². The van der Waals surface area contributed by atoms with Crippen molar-refractivity contribution in [3.05, 3.63) is 29.6 Å². The Bertz CT molecular complexity index is 461. The second-order valence-electron chi connectivity index (χ2n) is 5.42. The maximum absolute atomic E-state index is 13.6. The molecule has 0 spiro atoms. The van der Waals surface area contributed by atoms with Crippen LogP contribution in [0.5, 0.6) is 0 Å². The summed E-state index contributed by atoms with van der Waals surface area (Å²) in [5.74, 6) is -1.18. The van der Waals surface area contributed by atoms with Crippen molar-refractivity contribution in [2.75, 3.05) is 5.32 Å². The van der Waals surface area contributed by atoms with Crippen molar-refractivity contribution in [3.8, 4) is 0 Å². The second kappa shape index (κ2) is 6.04. The number of rotatable bonds is 3. The third kappa shape index (κ3) is 3.46. The quantitative estimate of drug-likeness (QED) is 0.815. The Morgan fingerprint density at radius 1 is 1.32 bits per heavy atom. The van der Waals surface area contributed by atoms with Crippen LogP contribution in [-0.2, 0) is 0 Å². The molecule has 0 radical (unpaired) electrons. The molecule has 2 unspecified atom stereocenters. The zero-order valence-corrected chi connectivity index (χ0v) is 11.2. The lowest BCUT2D eigenvalue weighted by atomic mass is 10.0. The number of benzene rings is 1. The van der Waals surface area contributed by atoms with E-state index in [-0.39, 0.29) is 11.6 Å². The zero-order valence-electron chi connectivity index (χ0n) is 11.2. The van der Waals surface area contributed by atoms with E-state index in [4.69, 9.17) is 5.11 Å². The number of carbonyl (C=O) groups is 1. The molecule has 104 valence electrons. The highest BCUT2D eigenvalue weighted by Crippen LogP contribution is 2.27. The lowest BCUT2D eigenvalue weighted by molar-refractivity contribution is 0.0693. The standard InChI is InChI=1S/C15H20FNO2/c1-10-4-2-5-11(9-8-10)17-13-7-3-6-12(16)14(13)15(18)19/h3,6-7,10-11,17H,2,4-5,8-9H2,1H3,(H,18,19). The van der Waals surface area contributed by atoms with Gasteiger partial charge in [0, 0.05) is 6.04 Å². The molecule has 0 aromatic heterocycles. The molecule has 1 fully saturated rings. The van der Waals surface area contributed by atoms with Crippen molar-refractivity contribution in [2.24, 2.45) is 5.92 Å². The number of carboxylic acid groups (broad SMARTS) is 1. The molecule has 1 saturated carbocycles. The fraction of sp³-hybridized carbons (Fsp3) is 0.533. The van der Waals surface area contributed by atoms with Gasteiger partial charge < -0.3 is 10.4 Å². The number of hydrogen-bond donors (Lipinski definition) is 2. The van der Waals surface area contributed by atoms with E-state index in [2.05, 4.69) is 12.2 Å². The Morgan fingerprint density at radius 2 is 2.11 bits per heavy atom. The molecule has 1 aromatic carbocycles. The fourth-order valence-corrected chi connectivity index (χ4v) is 2.71. The molecule has 0 saturated heterocycles. The minimum absolute atomic E-state index is 0.241. The van der Waals surface area contributed by atoms with Crippen LogP contribution in [0.3, 0.4) is 0 Å². The van der Waals surface area contributed by atoms with E-state index in [9.17, 15) is 9.18 Å². The van der Waals surface area contributed by atoms with Gasteiger partial charge in [0.2, 0.25) is 0 Å². The van der Waals surface area contributed by atoms with Gasteiger partial charge in [-0.15, -0.1) is 0 Å². The Labute approximate surface area is 112 Å². The van der Waals surface area contributed by atoms with Crippen molar-refractivity contribution in [1.82, 2.24) is 0 Å². The van der Waals surface area contributed by atoms with Gasteiger partial charge in [0.15, 0.2) is 0 Å². The van der Waals surface area contributed by atoms with Crippen LogP contribution >= 0.6 is 0 Å². The average Bonchev–Trinajstić information content (AvgIpc) is 2.54. The largest absolute Gasteiger partial charge is 0.478 e. The summed E-state index contributed by atoms with van der Waals surface area (Å²) < 4.78 is 13.6. The number of hydrogen-bond acceptors (Lipinski definition) is 2. The molecule has 3 nitrogen and oxygen atoms in total. The van der Waals surface area contributed by atoms with E-state index in [0.717, 1.165) is 31.6 Å². The summed E-state index contributed by atoms with van der Waals surface area (Å²) in [5.41, 5.74) is 0.145. The molecule has 4 heteroatoms. The van der Waals surface area contributed by atoms with Crippen LogP contribution in [0.2, 0.25) is 0 Å². The first kappa shape index (κ1) is 13.8. The van der Waals surface area contributed by atoms with Crippen molar-refractivity contribution in [3.63, 3.8) is 0 Å². The molecule has 19 heavy (non-hydrogen) atoms. The van der Waals surface area contributed by atoms with Gasteiger partial charge in [-0.3, -0.25) is 0 Å². The van der Waals surface area contributed by atoms with Gasteiger partial charge in [-0.2, -0.15) is 0 Å². The summed E-state index contributed by atoms with van der Waals surface area (Å²) in [6, 6.07) is 4.61. The predicted molar refractivity (Wildman–Crippen MR) is 73.0 cm³/mol.